The summed E-state index contributed by atoms with van der Waals surface area (Å²) in [5, 5.41) is 0. The van der Waals surface area contributed by atoms with Gasteiger partial charge in [0.2, 0.25) is 0 Å². The van der Waals surface area contributed by atoms with Gasteiger partial charge < -0.3 is 0 Å². The largest absolute Gasteiger partial charge is 0.294 e. The molecular formula is C12H14O. The van der Waals surface area contributed by atoms with Crippen LogP contribution in [-0.4, -0.2) is 5.78 Å². The van der Waals surface area contributed by atoms with Crippen LogP contribution in [0.3, 0.4) is 0 Å². The molecule has 0 aromatic carbocycles. The topological polar surface area (TPSA) is 17.1 Å². The average molecular weight is 174 g/mol. The number of carbonyl (C=O) groups is 1. The van der Waals surface area contributed by atoms with Crippen molar-refractivity contribution >= 4 is 5.78 Å². The van der Waals surface area contributed by atoms with E-state index in [9.17, 15) is 4.79 Å². The number of carbonyl (C=O) groups excluding carboxylic acids is 1. The Kier molecular flexibility index (Phi) is 1.95. The minimum atomic E-state index is 0.282. The first-order valence-electron chi connectivity index (χ1n) is 4.82. The molecule has 0 aliphatic heterocycles. The van der Waals surface area contributed by atoms with Crippen molar-refractivity contribution in [3.05, 3.63) is 34.9 Å². The highest BCUT2D eigenvalue weighted by Gasteiger charge is 2.26. The highest BCUT2D eigenvalue weighted by atomic mass is 16.1. The van der Waals surface area contributed by atoms with Crippen molar-refractivity contribution in [3.63, 3.8) is 0 Å². The summed E-state index contributed by atoms with van der Waals surface area (Å²) >= 11 is 0. The molecule has 0 heterocycles. The van der Waals surface area contributed by atoms with E-state index in [1.807, 2.05) is 13.0 Å². The fourth-order valence-electron chi connectivity index (χ4n) is 2.01. The third-order valence-corrected chi connectivity index (χ3v) is 3.07. The van der Waals surface area contributed by atoms with Crippen molar-refractivity contribution in [1.82, 2.24) is 0 Å². The maximum Gasteiger partial charge on any atom is 0.163 e. The summed E-state index contributed by atoms with van der Waals surface area (Å²) in [6.07, 6.45) is 6.13. The molecule has 1 fully saturated rings. The van der Waals surface area contributed by atoms with Crippen molar-refractivity contribution < 1.29 is 4.79 Å². The number of ketones is 1. The first-order chi connectivity index (χ1) is 6.24. The molecule has 1 saturated carbocycles. The van der Waals surface area contributed by atoms with E-state index in [2.05, 4.69) is 6.58 Å². The molecule has 2 aliphatic rings. The fraction of sp³-hybridized carbons (Fsp3) is 0.417. The fourth-order valence-corrected chi connectivity index (χ4v) is 2.01. The molecule has 68 valence electrons. The van der Waals surface area contributed by atoms with Crippen molar-refractivity contribution in [1.29, 1.82) is 0 Å². The SMILES string of the molecule is C=CC1=C(C)C(=O)CC1=C1CCC1. The van der Waals surface area contributed by atoms with Gasteiger partial charge in [-0.1, -0.05) is 18.2 Å². The zero-order valence-electron chi connectivity index (χ0n) is 8.02. The van der Waals surface area contributed by atoms with Crippen LogP contribution in [0.25, 0.3) is 0 Å². The molecule has 0 aromatic heterocycles. The monoisotopic (exact) mass is 174 g/mol. The molecule has 2 rings (SSSR count). The zero-order valence-corrected chi connectivity index (χ0v) is 8.02. The Bertz CT molecular complexity index is 336. The van der Waals surface area contributed by atoms with Crippen molar-refractivity contribution in [2.75, 3.05) is 0 Å². The lowest BCUT2D eigenvalue weighted by molar-refractivity contribution is -0.114. The molecule has 0 saturated heterocycles. The molecule has 1 nitrogen and oxygen atoms in total. The molecule has 0 amide bonds. The second-order valence-electron chi connectivity index (χ2n) is 3.78. The van der Waals surface area contributed by atoms with Gasteiger partial charge in [0.15, 0.2) is 5.78 Å². The van der Waals surface area contributed by atoms with E-state index in [4.69, 9.17) is 0 Å². The molecule has 0 bridgehead atoms. The van der Waals surface area contributed by atoms with Gasteiger partial charge in [-0.3, -0.25) is 4.79 Å². The van der Waals surface area contributed by atoms with Crippen LogP contribution in [0, 0.1) is 0 Å². The molecule has 0 spiro atoms. The van der Waals surface area contributed by atoms with E-state index < -0.39 is 0 Å². The highest BCUT2D eigenvalue weighted by molar-refractivity contribution is 6.03. The lowest BCUT2D eigenvalue weighted by Crippen LogP contribution is -2.02. The Morgan fingerprint density at radius 1 is 1.38 bits per heavy atom. The maximum absolute atomic E-state index is 11.5. The quantitative estimate of drug-likeness (QED) is 0.597. The molecule has 0 atom stereocenters. The minimum absolute atomic E-state index is 0.282. The molecule has 13 heavy (non-hydrogen) atoms. The van der Waals surface area contributed by atoms with Crippen LogP contribution in [0.5, 0.6) is 0 Å². The summed E-state index contributed by atoms with van der Waals surface area (Å²) in [5.41, 5.74) is 4.79. The lowest BCUT2D eigenvalue weighted by Gasteiger charge is -2.20. The third kappa shape index (κ3) is 1.19. The van der Waals surface area contributed by atoms with E-state index in [0.29, 0.717) is 6.42 Å². The van der Waals surface area contributed by atoms with Gasteiger partial charge in [-0.2, -0.15) is 0 Å². The summed E-state index contributed by atoms with van der Waals surface area (Å²) in [5.74, 6) is 0.282. The van der Waals surface area contributed by atoms with Crippen LogP contribution in [0.15, 0.2) is 34.9 Å². The normalized spacial score (nSPS) is 22.4. The molecule has 1 heteroatoms. The Morgan fingerprint density at radius 3 is 2.54 bits per heavy atom. The summed E-state index contributed by atoms with van der Waals surface area (Å²) in [6, 6.07) is 0. The molecular weight excluding hydrogens is 160 g/mol. The van der Waals surface area contributed by atoms with Crippen molar-refractivity contribution in [2.24, 2.45) is 0 Å². The standard InChI is InChI=1S/C12H14O/c1-3-10-8(2)12(13)7-11(10)9-5-4-6-9/h3H,1,4-7H2,2H3. The number of hydrogen-bond acceptors (Lipinski definition) is 1. The van der Waals surface area contributed by atoms with Gasteiger partial charge in [-0.15, -0.1) is 0 Å². The van der Waals surface area contributed by atoms with Crippen LogP contribution < -0.4 is 0 Å². The summed E-state index contributed by atoms with van der Waals surface area (Å²) in [4.78, 5) is 11.5. The Balaban J connectivity index is 2.44. The van der Waals surface area contributed by atoms with E-state index >= 15 is 0 Å². The van der Waals surface area contributed by atoms with Gasteiger partial charge in [-0.05, 0) is 42.9 Å². The van der Waals surface area contributed by atoms with Crippen LogP contribution in [0.2, 0.25) is 0 Å². The molecule has 0 aromatic rings. The van der Waals surface area contributed by atoms with Crippen LogP contribution in [0.4, 0.5) is 0 Å². The Morgan fingerprint density at radius 2 is 2.08 bits per heavy atom. The van der Waals surface area contributed by atoms with Gasteiger partial charge in [-0.25, -0.2) is 0 Å². The average Bonchev–Trinajstić information content (AvgIpc) is 2.25. The number of hydrogen-bond donors (Lipinski definition) is 0. The number of Topliss-reactive ketones (excluding diaryl/α,β-unsaturated/α-hetero) is 1. The van der Waals surface area contributed by atoms with Crippen molar-refractivity contribution in [2.45, 2.75) is 32.6 Å². The Labute approximate surface area is 78.8 Å². The van der Waals surface area contributed by atoms with Crippen LogP contribution in [0.1, 0.15) is 32.6 Å². The van der Waals surface area contributed by atoms with Gasteiger partial charge in [0.1, 0.15) is 0 Å². The van der Waals surface area contributed by atoms with E-state index in [-0.39, 0.29) is 5.78 Å². The third-order valence-electron chi connectivity index (χ3n) is 3.07. The second-order valence-corrected chi connectivity index (χ2v) is 3.78. The predicted molar refractivity (Wildman–Crippen MR) is 53.4 cm³/mol. The predicted octanol–water partition coefficient (Wildman–Crippen LogP) is 2.94. The Hall–Kier alpha value is -1.11. The van der Waals surface area contributed by atoms with Crippen molar-refractivity contribution in [3.8, 4) is 0 Å². The smallest absolute Gasteiger partial charge is 0.163 e. The molecule has 0 N–H and O–H groups in total. The maximum atomic E-state index is 11.5. The van der Waals surface area contributed by atoms with E-state index in [1.54, 1.807) is 0 Å². The summed E-state index contributed by atoms with van der Waals surface area (Å²) < 4.78 is 0. The van der Waals surface area contributed by atoms with E-state index in [0.717, 1.165) is 11.1 Å². The lowest BCUT2D eigenvalue weighted by atomic mass is 9.85. The number of rotatable bonds is 1. The molecule has 0 radical (unpaired) electrons. The number of allylic oxidation sites excluding steroid dienone is 5. The van der Waals surface area contributed by atoms with Crippen LogP contribution >= 0.6 is 0 Å². The van der Waals surface area contributed by atoms with Gasteiger partial charge >= 0.3 is 0 Å². The molecule has 0 unspecified atom stereocenters. The van der Waals surface area contributed by atoms with E-state index in [1.165, 1.54) is 30.4 Å². The molecule has 2 aliphatic carbocycles. The first kappa shape index (κ1) is 8.49. The summed E-state index contributed by atoms with van der Waals surface area (Å²) in [7, 11) is 0. The first-order valence-corrected chi connectivity index (χ1v) is 4.82. The van der Waals surface area contributed by atoms with Gasteiger partial charge in [0, 0.05) is 6.42 Å². The van der Waals surface area contributed by atoms with Gasteiger partial charge in [0.05, 0.1) is 0 Å². The highest BCUT2D eigenvalue weighted by Crippen LogP contribution is 2.38. The van der Waals surface area contributed by atoms with Gasteiger partial charge in [0.25, 0.3) is 0 Å². The minimum Gasteiger partial charge on any atom is -0.294 e. The van der Waals surface area contributed by atoms with Crippen LogP contribution in [-0.2, 0) is 4.79 Å². The zero-order chi connectivity index (χ0) is 9.42. The second kappa shape index (κ2) is 2.99. The summed E-state index contributed by atoms with van der Waals surface area (Å²) in [6.45, 7) is 5.68.